The number of benzene rings is 3. The van der Waals surface area contributed by atoms with Gasteiger partial charge < -0.3 is 25.0 Å². The van der Waals surface area contributed by atoms with Gasteiger partial charge in [0.25, 0.3) is 5.91 Å². The van der Waals surface area contributed by atoms with Crippen molar-refractivity contribution in [2.75, 3.05) is 11.1 Å². The van der Waals surface area contributed by atoms with Crippen molar-refractivity contribution in [3.8, 4) is 0 Å². The SMILES string of the molecule is O=C(Nc1cccc(C2OC(CSc3ccccc3C(=O)O)CC(c3ccc(CO)cc3)O2)c1)c1cccnc1. The first-order valence-corrected chi connectivity index (χ1v) is 13.8. The lowest BCUT2D eigenvalue weighted by molar-refractivity contribution is -0.245. The average molecular weight is 557 g/mol. The number of pyridine rings is 1. The van der Waals surface area contributed by atoms with Crippen molar-refractivity contribution in [3.05, 3.63) is 125 Å². The topological polar surface area (TPSA) is 118 Å². The first kappa shape index (κ1) is 27.5. The number of amides is 1. The summed E-state index contributed by atoms with van der Waals surface area (Å²) in [6.07, 6.45) is 2.42. The molecule has 204 valence electrons. The van der Waals surface area contributed by atoms with E-state index >= 15 is 0 Å². The van der Waals surface area contributed by atoms with Crippen LogP contribution in [-0.4, -0.2) is 38.9 Å². The van der Waals surface area contributed by atoms with Crippen LogP contribution in [-0.2, 0) is 16.1 Å². The maximum absolute atomic E-state index is 12.7. The Morgan fingerprint density at radius 2 is 1.77 bits per heavy atom. The number of aromatic carboxylic acids is 1. The molecule has 1 aliphatic rings. The molecule has 3 aromatic carbocycles. The highest BCUT2D eigenvalue weighted by molar-refractivity contribution is 7.99. The number of ether oxygens (including phenoxy) is 2. The second-order valence-electron chi connectivity index (χ2n) is 9.28. The fraction of sp³-hybridized carbons (Fsp3) is 0.194. The van der Waals surface area contributed by atoms with E-state index in [-0.39, 0.29) is 30.3 Å². The summed E-state index contributed by atoms with van der Waals surface area (Å²) in [5.41, 5.74) is 3.79. The van der Waals surface area contributed by atoms with Crippen molar-refractivity contribution < 1.29 is 29.3 Å². The second kappa shape index (κ2) is 12.9. The molecule has 3 atom stereocenters. The normalized spacial score (nSPS) is 18.7. The summed E-state index contributed by atoms with van der Waals surface area (Å²) in [7, 11) is 0. The zero-order chi connectivity index (χ0) is 27.9. The molecule has 1 saturated heterocycles. The number of aliphatic hydroxyl groups is 1. The Balaban J connectivity index is 1.37. The molecule has 3 N–H and O–H groups in total. The summed E-state index contributed by atoms with van der Waals surface area (Å²) in [4.78, 5) is 29.0. The molecule has 8 nitrogen and oxygen atoms in total. The molecule has 1 fully saturated rings. The third-order valence-electron chi connectivity index (χ3n) is 6.50. The van der Waals surface area contributed by atoms with Gasteiger partial charge in [0.1, 0.15) is 0 Å². The van der Waals surface area contributed by atoms with Crippen LogP contribution in [0.1, 0.15) is 56.2 Å². The molecule has 0 bridgehead atoms. The summed E-state index contributed by atoms with van der Waals surface area (Å²) in [6, 6.07) is 25.2. The Morgan fingerprint density at radius 3 is 2.52 bits per heavy atom. The third-order valence-corrected chi connectivity index (χ3v) is 7.70. The van der Waals surface area contributed by atoms with Crippen molar-refractivity contribution in [2.24, 2.45) is 0 Å². The molecule has 5 rings (SSSR count). The number of hydrogen-bond acceptors (Lipinski definition) is 7. The molecule has 4 aromatic rings. The monoisotopic (exact) mass is 556 g/mol. The van der Waals surface area contributed by atoms with Crippen molar-refractivity contribution in [3.63, 3.8) is 0 Å². The molecule has 2 heterocycles. The van der Waals surface area contributed by atoms with Gasteiger partial charge in [0, 0.05) is 40.7 Å². The molecule has 40 heavy (non-hydrogen) atoms. The highest BCUT2D eigenvalue weighted by atomic mass is 32.2. The van der Waals surface area contributed by atoms with E-state index in [4.69, 9.17) is 9.47 Å². The van der Waals surface area contributed by atoms with Gasteiger partial charge in [-0.25, -0.2) is 4.79 Å². The molecule has 1 aromatic heterocycles. The maximum atomic E-state index is 12.7. The third kappa shape index (κ3) is 6.75. The smallest absolute Gasteiger partial charge is 0.336 e. The predicted molar refractivity (Wildman–Crippen MR) is 151 cm³/mol. The van der Waals surface area contributed by atoms with Crippen LogP contribution in [0.2, 0.25) is 0 Å². The van der Waals surface area contributed by atoms with Gasteiger partial charge in [-0.05, 0) is 47.5 Å². The minimum absolute atomic E-state index is 0.0443. The fourth-order valence-corrected chi connectivity index (χ4v) is 5.50. The molecule has 0 spiro atoms. The molecule has 1 amide bonds. The largest absolute Gasteiger partial charge is 0.478 e. The Hall–Kier alpha value is -4.02. The van der Waals surface area contributed by atoms with Crippen LogP contribution >= 0.6 is 11.8 Å². The molecule has 1 aliphatic heterocycles. The maximum Gasteiger partial charge on any atom is 0.336 e. The number of hydrogen-bond donors (Lipinski definition) is 3. The number of carbonyl (C=O) groups excluding carboxylic acids is 1. The number of nitrogens with zero attached hydrogens (tertiary/aromatic N) is 1. The Morgan fingerprint density at radius 1 is 0.950 bits per heavy atom. The lowest BCUT2D eigenvalue weighted by Gasteiger charge is -2.36. The van der Waals surface area contributed by atoms with Gasteiger partial charge in [-0.2, -0.15) is 0 Å². The summed E-state index contributed by atoms with van der Waals surface area (Å²) in [5.74, 6) is -0.725. The molecule has 0 radical (unpaired) electrons. The van der Waals surface area contributed by atoms with Crippen LogP contribution in [0.4, 0.5) is 5.69 Å². The minimum atomic E-state index is -0.971. The summed E-state index contributed by atoms with van der Waals surface area (Å²) >= 11 is 1.43. The number of carbonyl (C=O) groups is 2. The highest BCUT2D eigenvalue weighted by Crippen LogP contribution is 2.40. The lowest BCUT2D eigenvalue weighted by Crippen LogP contribution is -2.31. The van der Waals surface area contributed by atoms with Crippen LogP contribution in [0, 0.1) is 0 Å². The van der Waals surface area contributed by atoms with E-state index in [2.05, 4.69) is 10.3 Å². The molecular weight excluding hydrogens is 528 g/mol. The number of carboxylic acids is 1. The van der Waals surface area contributed by atoms with E-state index in [0.29, 0.717) is 28.3 Å². The molecule has 9 heteroatoms. The van der Waals surface area contributed by atoms with Gasteiger partial charge in [0.05, 0.1) is 29.9 Å². The zero-order valence-electron chi connectivity index (χ0n) is 21.5. The van der Waals surface area contributed by atoms with E-state index in [1.807, 2.05) is 48.5 Å². The molecule has 0 aliphatic carbocycles. The Bertz CT molecular complexity index is 1460. The average Bonchev–Trinajstić information content (AvgIpc) is 3.00. The first-order chi connectivity index (χ1) is 19.5. The van der Waals surface area contributed by atoms with Crippen molar-refractivity contribution in [1.82, 2.24) is 4.98 Å². The minimum Gasteiger partial charge on any atom is -0.478 e. The summed E-state index contributed by atoms with van der Waals surface area (Å²) < 4.78 is 12.8. The van der Waals surface area contributed by atoms with Crippen LogP contribution < -0.4 is 5.32 Å². The van der Waals surface area contributed by atoms with Gasteiger partial charge in [0.2, 0.25) is 0 Å². The van der Waals surface area contributed by atoms with Gasteiger partial charge in [-0.15, -0.1) is 11.8 Å². The van der Waals surface area contributed by atoms with Crippen molar-refractivity contribution >= 4 is 29.3 Å². The van der Waals surface area contributed by atoms with E-state index < -0.39 is 12.3 Å². The summed E-state index contributed by atoms with van der Waals surface area (Å²) in [6.45, 7) is -0.0443. The molecular formula is C31H28N2O6S. The van der Waals surface area contributed by atoms with E-state index in [0.717, 1.165) is 16.7 Å². The fourth-order valence-electron chi connectivity index (χ4n) is 4.44. The predicted octanol–water partition coefficient (Wildman–Crippen LogP) is 5.86. The molecule has 3 unspecified atom stereocenters. The van der Waals surface area contributed by atoms with Gasteiger partial charge in [0.15, 0.2) is 6.29 Å². The van der Waals surface area contributed by atoms with E-state index in [9.17, 15) is 19.8 Å². The van der Waals surface area contributed by atoms with Crippen molar-refractivity contribution in [1.29, 1.82) is 0 Å². The lowest BCUT2D eigenvalue weighted by atomic mass is 10.0. The van der Waals surface area contributed by atoms with E-state index in [1.165, 1.54) is 18.0 Å². The van der Waals surface area contributed by atoms with Crippen molar-refractivity contribution in [2.45, 2.75) is 36.4 Å². The number of rotatable bonds is 9. The summed E-state index contributed by atoms with van der Waals surface area (Å²) in [5, 5.41) is 21.9. The van der Waals surface area contributed by atoms with E-state index in [1.54, 1.807) is 42.6 Å². The van der Waals surface area contributed by atoms with Gasteiger partial charge in [-0.1, -0.05) is 48.5 Å². The standard InChI is InChI=1S/C31H28N2O6S/c34-18-20-10-12-21(13-11-20)27-16-25(19-40-28-9-2-1-8-26(28)30(36)37)38-31(39-27)22-5-3-7-24(15-22)33-29(35)23-6-4-14-32-17-23/h1-15,17,25,27,31,34H,16,18-19H2,(H,33,35)(H,36,37). The number of nitrogens with one attached hydrogen (secondary N) is 1. The van der Waals surface area contributed by atoms with Crippen LogP contribution in [0.15, 0.2) is 102 Å². The quantitative estimate of drug-likeness (QED) is 0.219. The van der Waals surface area contributed by atoms with Gasteiger partial charge in [-0.3, -0.25) is 9.78 Å². The second-order valence-corrected chi connectivity index (χ2v) is 10.3. The Kier molecular flexibility index (Phi) is 8.87. The number of aromatic nitrogens is 1. The van der Waals surface area contributed by atoms with Gasteiger partial charge >= 0.3 is 5.97 Å². The first-order valence-electron chi connectivity index (χ1n) is 12.8. The van der Waals surface area contributed by atoms with Crippen LogP contribution in [0.25, 0.3) is 0 Å². The Labute approximate surface area is 236 Å². The zero-order valence-corrected chi connectivity index (χ0v) is 22.3. The number of carboxylic acid groups (broad SMARTS) is 1. The van der Waals surface area contributed by atoms with Crippen LogP contribution in [0.3, 0.4) is 0 Å². The number of thioether (sulfide) groups is 1. The van der Waals surface area contributed by atoms with Crippen LogP contribution in [0.5, 0.6) is 0 Å². The number of anilines is 1. The highest BCUT2D eigenvalue weighted by Gasteiger charge is 2.32. The molecule has 0 saturated carbocycles. The number of aliphatic hydroxyl groups excluding tert-OH is 1.